The highest BCUT2D eigenvalue weighted by molar-refractivity contribution is 7.99. The number of aromatic nitrogens is 1. The normalized spacial score (nSPS) is 16.1. The molecule has 0 spiro atoms. The van der Waals surface area contributed by atoms with Crippen LogP contribution in [-0.4, -0.2) is 42.3 Å². The topological polar surface area (TPSA) is 51.7 Å². The number of likely N-dealkylation sites (tertiary alicyclic amines) is 1. The lowest BCUT2D eigenvalue weighted by molar-refractivity contribution is -0.129. The van der Waals surface area contributed by atoms with E-state index in [4.69, 9.17) is 14.5 Å². The van der Waals surface area contributed by atoms with Crippen molar-refractivity contribution in [3.63, 3.8) is 0 Å². The van der Waals surface area contributed by atoms with Crippen LogP contribution >= 0.6 is 11.8 Å². The van der Waals surface area contributed by atoms with E-state index in [-0.39, 0.29) is 11.9 Å². The number of methoxy groups -OCH3 is 2. The molecule has 6 heteroatoms. The summed E-state index contributed by atoms with van der Waals surface area (Å²) in [5, 5.41) is 2.03. The molecule has 2 aromatic carbocycles. The molecule has 1 aliphatic heterocycles. The lowest BCUT2D eigenvalue weighted by Crippen LogP contribution is -2.32. The van der Waals surface area contributed by atoms with Crippen LogP contribution in [0.1, 0.15) is 30.0 Å². The predicted octanol–water partition coefficient (Wildman–Crippen LogP) is 5.02. The Morgan fingerprint density at radius 1 is 1.17 bits per heavy atom. The van der Waals surface area contributed by atoms with Crippen LogP contribution in [0.2, 0.25) is 0 Å². The summed E-state index contributed by atoms with van der Waals surface area (Å²) in [6.07, 6.45) is 1.90. The van der Waals surface area contributed by atoms with E-state index in [0.29, 0.717) is 5.75 Å². The highest BCUT2D eigenvalue weighted by Gasteiger charge is 2.32. The van der Waals surface area contributed by atoms with Crippen molar-refractivity contribution >= 4 is 28.6 Å². The van der Waals surface area contributed by atoms with E-state index < -0.39 is 0 Å². The summed E-state index contributed by atoms with van der Waals surface area (Å²) in [7, 11) is 3.31. The Morgan fingerprint density at radius 2 is 2.00 bits per heavy atom. The third-order valence-electron chi connectivity index (χ3n) is 5.61. The number of para-hydroxylation sites is 1. The Labute approximate surface area is 181 Å². The Bertz CT molecular complexity index is 1070. The Hall–Kier alpha value is -2.73. The number of pyridine rings is 1. The Kier molecular flexibility index (Phi) is 6.13. The minimum atomic E-state index is 0.00875. The highest BCUT2D eigenvalue weighted by Crippen LogP contribution is 2.39. The molecule has 1 saturated heterocycles. The van der Waals surface area contributed by atoms with Crippen LogP contribution in [0.5, 0.6) is 11.5 Å². The minimum absolute atomic E-state index is 0.00875. The molecule has 1 atom stereocenters. The number of carbonyl (C=O) groups is 1. The number of ether oxygens (including phenoxy) is 2. The summed E-state index contributed by atoms with van der Waals surface area (Å²) < 4.78 is 10.9. The number of hydrogen-bond donors (Lipinski definition) is 0. The van der Waals surface area contributed by atoms with Gasteiger partial charge < -0.3 is 14.4 Å². The first-order valence-electron chi connectivity index (χ1n) is 10.1. The average molecular weight is 423 g/mol. The van der Waals surface area contributed by atoms with Crippen molar-refractivity contribution in [2.24, 2.45) is 0 Å². The fourth-order valence-electron chi connectivity index (χ4n) is 4.10. The number of rotatable bonds is 6. The van der Waals surface area contributed by atoms with E-state index in [0.717, 1.165) is 52.4 Å². The molecule has 30 heavy (non-hydrogen) atoms. The summed E-state index contributed by atoms with van der Waals surface area (Å²) >= 11 is 1.50. The summed E-state index contributed by atoms with van der Waals surface area (Å²) in [6.45, 7) is 2.84. The molecular formula is C24H26N2O3S. The first-order chi connectivity index (χ1) is 14.6. The van der Waals surface area contributed by atoms with Gasteiger partial charge in [-0.25, -0.2) is 4.98 Å². The quantitative estimate of drug-likeness (QED) is 0.522. The number of hydrogen-bond acceptors (Lipinski definition) is 5. The molecule has 0 saturated carbocycles. The minimum Gasteiger partial charge on any atom is -0.497 e. The van der Waals surface area contributed by atoms with Gasteiger partial charge in [0.1, 0.15) is 11.5 Å². The van der Waals surface area contributed by atoms with Crippen molar-refractivity contribution in [1.82, 2.24) is 9.88 Å². The smallest absolute Gasteiger partial charge is 0.233 e. The molecular weight excluding hydrogens is 396 g/mol. The fourth-order valence-corrected chi connectivity index (χ4v) is 4.96. The van der Waals surface area contributed by atoms with Gasteiger partial charge in [-0.2, -0.15) is 0 Å². The largest absolute Gasteiger partial charge is 0.497 e. The highest BCUT2D eigenvalue weighted by atomic mass is 32.2. The van der Waals surface area contributed by atoms with E-state index >= 15 is 0 Å². The van der Waals surface area contributed by atoms with Gasteiger partial charge in [-0.1, -0.05) is 30.0 Å². The molecule has 0 radical (unpaired) electrons. The zero-order valence-electron chi connectivity index (χ0n) is 17.6. The van der Waals surface area contributed by atoms with Gasteiger partial charge in [0, 0.05) is 17.5 Å². The van der Waals surface area contributed by atoms with Gasteiger partial charge in [0.2, 0.25) is 5.91 Å². The molecule has 0 N–H and O–H groups in total. The summed E-state index contributed by atoms with van der Waals surface area (Å²) in [5.41, 5.74) is 3.15. The van der Waals surface area contributed by atoms with E-state index in [9.17, 15) is 4.79 Å². The molecule has 1 aromatic heterocycles. The van der Waals surface area contributed by atoms with Crippen LogP contribution in [0.3, 0.4) is 0 Å². The number of nitrogens with zero attached hydrogens (tertiary/aromatic N) is 2. The molecule has 0 bridgehead atoms. The lowest BCUT2D eigenvalue weighted by atomic mass is 10.0. The van der Waals surface area contributed by atoms with Gasteiger partial charge in [0.15, 0.2) is 0 Å². The predicted molar refractivity (Wildman–Crippen MR) is 120 cm³/mol. The fraction of sp³-hybridized carbons (Fsp3) is 0.333. The van der Waals surface area contributed by atoms with Crippen molar-refractivity contribution in [3.8, 4) is 11.5 Å². The molecule has 4 rings (SSSR count). The van der Waals surface area contributed by atoms with Crippen molar-refractivity contribution in [3.05, 3.63) is 59.7 Å². The van der Waals surface area contributed by atoms with Gasteiger partial charge in [-0.3, -0.25) is 4.79 Å². The molecule has 0 unspecified atom stereocenters. The van der Waals surface area contributed by atoms with Crippen LogP contribution in [0.25, 0.3) is 10.9 Å². The third-order valence-corrected chi connectivity index (χ3v) is 6.51. The average Bonchev–Trinajstić information content (AvgIpc) is 3.27. The van der Waals surface area contributed by atoms with Crippen molar-refractivity contribution in [2.75, 3.05) is 26.5 Å². The molecule has 2 heterocycles. The van der Waals surface area contributed by atoms with Gasteiger partial charge in [0.25, 0.3) is 0 Å². The molecule has 3 aromatic rings. The second kappa shape index (κ2) is 8.96. The molecule has 1 fully saturated rings. The van der Waals surface area contributed by atoms with Crippen molar-refractivity contribution < 1.29 is 14.3 Å². The molecule has 0 aliphatic carbocycles. The third kappa shape index (κ3) is 4.10. The number of carbonyl (C=O) groups excluding carboxylic acids is 1. The van der Waals surface area contributed by atoms with E-state index in [1.165, 1.54) is 17.3 Å². The Balaban J connectivity index is 1.51. The summed E-state index contributed by atoms with van der Waals surface area (Å²) in [5.74, 6) is 2.06. The second-order valence-corrected chi connectivity index (χ2v) is 8.43. The maximum absolute atomic E-state index is 13.1. The zero-order valence-corrected chi connectivity index (χ0v) is 18.4. The molecule has 5 nitrogen and oxygen atoms in total. The maximum atomic E-state index is 13.1. The molecule has 1 amide bonds. The number of thioether (sulfide) groups is 1. The standard InChI is InChI=1S/C24H26N2O3S/c1-16-13-23(25-20-8-5-4-7-18(16)20)30-15-24(27)26-12-6-9-21(26)19-14-17(28-2)10-11-22(19)29-3/h4-5,7-8,10-11,13-14,21H,6,9,12,15H2,1-3H3/t21-/m1/s1. The van der Waals surface area contributed by atoms with Crippen LogP contribution in [0, 0.1) is 6.92 Å². The van der Waals surface area contributed by atoms with Gasteiger partial charge >= 0.3 is 0 Å². The van der Waals surface area contributed by atoms with Crippen molar-refractivity contribution in [1.29, 1.82) is 0 Å². The van der Waals surface area contributed by atoms with Gasteiger partial charge in [-0.05, 0) is 55.7 Å². The van der Waals surface area contributed by atoms with E-state index in [1.807, 2.05) is 41.3 Å². The SMILES string of the molecule is COc1ccc(OC)c([C@H]2CCCN2C(=O)CSc2cc(C)c3ccccc3n2)c1. The monoisotopic (exact) mass is 422 g/mol. The first kappa shape index (κ1) is 20.5. The first-order valence-corrected chi connectivity index (χ1v) is 11.1. The van der Waals surface area contributed by atoms with Crippen LogP contribution < -0.4 is 9.47 Å². The Morgan fingerprint density at radius 3 is 2.80 bits per heavy atom. The number of amides is 1. The zero-order chi connectivity index (χ0) is 21.1. The number of benzene rings is 2. The van der Waals surface area contributed by atoms with Gasteiger partial charge in [0.05, 0.1) is 36.6 Å². The number of fused-ring (bicyclic) bond motifs is 1. The lowest BCUT2D eigenvalue weighted by Gasteiger charge is -2.26. The van der Waals surface area contributed by atoms with Crippen molar-refractivity contribution in [2.45, 2.75) is 30.8 Å². The second-order valence-electron chi connectivity index (χ2n) is 7.44. The summed E-state index contributed by atoms with van der Waals surface area (Å²) in [6, 6.07) is 15.9. The summed E-state index contributed by atoms with van der Waals surface area (Å²) in [4.78, 5) is 19.8. The maximum Gasteiger partial charge on any atom is 0.233 e. The van der Waals surface area contributed by atoms with Crippen LogP contribution in [0.15, 0.2) is 53.6 Å². The van der Waals surface area contributed by atoms with E-state index in [1.54, 1.807) is 14.2 Å². The molecule has 156 valence electrons. The number of aryl methyl sites for hydroxylation is 1. The van der Waals surface area contributed by atoms with E-state index in [2.05, 4.69) is 19.1 Å². The molecule has 1 aliphatic rings. The van der Waals surface area contributed by atoms with Gasteiger partial charge in [-0.15, -0.1) is 0 Å². The van der Waals surface area contributed by atoms with Crippen LogP contribution in [0.4, 0.5) is 0 Å². The van der Waals surface area contributed by atoms with Crippen LogP contribution in [-0.2, 0) is 4.79 Å².